The van der Waals surface area contributed by atoms with E-state index in [1.54, 1.807) is 6.07 Å². The smallest absolute Gasteiger partial charge is 0.330 e. The topological polar surface area (TPSA) is 75.6 Å². The van der Waals surface area contributed by atoms with Gasteiger partial charge in [-0.05, 0) is 36.8 Å². The van der Waals surface area contributed by atoms with Crippen LogP contribution in [0.25, 0.3) is 0 Å². The molecule has 1 aromatic rings. The van der Waals surface area contributed by atoms with E-state index in [-0.39, 0.29) is 6.61 Å². The summed E-state index contributed by atoms with van der Waals surface area (Å²) in [5.74, 6) is 0.359. The maximum absolute atomic E-state index is 11.9. The van der Waals surface area contributed by atoms with Crippen LogP contribution in [0.4, 0.5) is 0 Å². The molecule has 0 aromatic heterocycles. The second-order valence-corrected chi connectivity index (χ2v) is 5.95. The minimum absolute atomic E-state index is 0.177. The van der Waals surface area contributed by atoms with Gasteiger partial charge in [-0.1, -0.05) is 12.1 Å². The van der Waals surface area contributed by atoms with Crippen LogP contribution in [0.15, 0.2) is 24.3 Å². The van der Waals surface area contributed by atoms with Gasteiger partial charge in [-0.3, -0.25) is 4.79 Å². The quantitative estimate of drug-likeness (QED) is 0.860. The number of amides is 1. The van der Waals surface area contributed by atoms with Crippen molar-refractivity contribution >= 4 is 23.6 Å². The number of carboxylic acid groups (broad SMARTS) is 1. The van der Waals surface area contributed by atoms with Crippen molar-refractivity contribution < 1.29 is 19.4 Å². The highest BCUT2D eigenvalue weighted by molar-refractivity contribution is 7.99. The largest absolute Gasteiger partial charge is 0.484 e. The molecular weight excluding hydrogens is 278 g/mol. The van der Waals surface area contributed by atoms with E-state index in [0.717, 1.165) is 11.3 Å². The Morgan fingerprint density at radius 2 is 2.30 bits per heavy atom. The highest BCUT2D eigenvalue weighted by Gasteiger charge is 2.43. The number of ether oxygens (including phenoxy) is 1. The van der Waals surface area contributed by atoms with E-state index in [2.05, 4.69) is 5.32 Å². The van der Waals surface area contributed by atoms with Gasteiger partial charge in [0.05, 0.1) is 0 Å². The van der Waals surface area contributed by atoms with Gasteiger partial charge in [-0.2, -0.15) is 11.8 Å². The fourth-order valence-electron chi connectivity index (χ4n) is 2.04. The molecule has 2 rings (SSSR count). The summed E-state index contributed by atoms with van der Waals surface area (Å²) in [6.45, 7) is 1.76. The highest BCUT2D eigenvalue weighted by atomic mass is 32.2. The van der Waals surface area contributed by atoms with Gasteiger partial charge in [0, 0.05) is 5.75 Å². The second kappa shape index (κ2) is 6.17. The number of benzene rings is 1. The third-order valence-corrected chi connectivity index (χ3v) is 4.36. The van der Waals surface area contributed by atoms with Crippen LogP contribution in [0, 0.1) is 6.92 Å². The van der Waals surface area contributed by atoms with Crippen LogP contribution in [-0.2, 0) is 9.59 Å². The predicted octanol–water partition coefficient (Wildman–Crippen LogP) is 1.45. The van der Waals surface area contributed by atoms with Gasteiger partial charge in [0.1, 0.15) is 11.3 Å². The maximum atomic E-state index is 11.9. The van der Waals surface area contributed by atoms with Gasteiger partial charge in [-0.25, -0.2) is 4.79 Å². The molecule has 0 bridgehead atoms. The molecule has 1 fully saturated rings. The second-order valence-electron chi connectivity index (χ2n) is 4.84. The number of carbonyl (C=O) groups excluding carboxylic acids is 1. The Kier molecular flexibility index (Phi) is 4.54. The van der Waals surface area contributed by atoms with Crippen LogP contribution in [0.2, 0.25) is 0 Å². The molecule has 0 radical (unpaired) electrons. The van der Waals surface area contributed by atoms with Crippen molar-refractivity contribution in [1.29, 1.82) is 0 Å². The van der Waals surface area contributed by atoms with Gasteiger partial charge in [0.15, 0.2) is 6.61 Å². The molecule has 0 aliphatic carbocycles. The summed E-state index contributed by atoms with van der Waals surface area (Å²) >= 11 is 1.53. The molecule has 108 valence electrons. The average molecular weight is 295 g/mol. The number of aryl methyl sites for hydroxylation is 1. The molecule has 1 atom stereocenters. The molecule has 20 heavy (non-hydrogen) atoms. The van der Waals surface area contributed by atoms with E-state index in [1.807, 2.05) is 25.1 Å². The van der Waals surface area contributed by atoms with E-state index in [9.17, 15) is 14.7 Å². The van der Waals surface area contributed by atoms with Crippen molar-refractivity contribution in [3.05, 3.63) is 29.8 Å². The zero-order chi connectivity index (χ0) is 14.6. The number of hydrogen-bond acceptors (Lipinski definition) is 4. The molecule has 1 amide bonds. The Morgan fingerprint density at radius 1 is 1.50 bits per heavy atom. The maximum Gasteiger partial charge on any atom is 0.330 e. The summed E-state index contributed by atoms with van der Waals surface area (Å²) in [4.78, 5) is 23.2. The lowest BCUT2D eigenvalue weighted by Gasteiger charge is -2.24. The number of carbonyl (C=O) groups is 2. The molecule has 6 heteroatoms. The Hall–Kier alpha value is -1.69. The number of carboxylic acids is 1. The van der Waals surface area contributed by atoms with Crippen LogP contribution < -0.4 is 10.1 Å². The summed E-state index contributed by atoms with van der Waals surface area (Å²) in [5, 5.41) is 11.9. The first-order chi connectivity index (χ1) is 9.52. The van der Waals surface area contributed by atoms with Crippen molar-refractivity contribution in [2.75, 3.05) is 18.1 Å². The van der Waals surface area contributed by atoms with Gasteiger partial charge >= 0.3 is 5.97 Å². The highest BCUT2D eigenvalue weighted by Crippen LogP contribution is 2.28. The zero-order valence-electron chi connectivity index (χ0n) is 11.2. The van der Waals surface area contributed by atoms with Crippen LogP contribution >= 0.6 is 11.8 Å². The zero-order valence-corrected chi connectivity index (χ0v) is 12.0. The first-order valence-electron chi connectivity index (χ1n) is 6.33. The number of aliphatic carboxylic acids is 1. The molecule has 1 heterocycles. The van der Waals surface area contributed by atoms with E-state index < -0.39 is 17.4 Å². The SMILES string of the molecule is Cc1cccc(OCC(=O)N[C@]2(C(=O)O)CCSC2)c1. The average Bonchev–Trinajstić information content (AvgIpc) is 2.86. The van der Waals surface area contributed by atoms with E-state index in [4.69, 9.17) is 4.74 Å². The third kappa shape index (κ3) is 3.45. The van der Waals surface area contributed by atoms with Gasteiger partial charge in [0.25, 0.3) is 5.91 Å². The molecule has 1 aliphatic rings. The van der Waals surface area contributed by atoms with Gasteiger partial charge in [-0.15, -0.1) is 0 Å². The van der Waals surface area contributed by atoms with E-state index in [1.165, 1.54) is 11.8 Å². The molecule has 5 nitrogen and oxygen atoms in total. The normalized spacial score (nSPS) is 21.4. The lowest BCUT2D eigenvalue weighted by atomic mass is 9.99. The predicted molar refractivity (Wildman–Crippen MR) is 77.1 cm³/mol. The molecule has 1 aliphatic heterocycles. The first-order valence-corrected chi connectivity index (χ1v) is 7.49. The van der Waals surface area contributed by atoms with Crippen LogP contribution in [0.5, 0.6) is 5.75 Å². The summed E-state index contributed by atoms with van der Waals surface area (Å²) in [6, 6.07) is 7.36. The summed E-state index contributed by atoms with van der Waals surface area (Å²) < 4.78 is 5.37. The van der Waals surface area contributed by atoms with Crippen molar-refractivity contribution in [2.45, 2.75) is 18.9 Å². The van der Waals surface area contributed by atoms with Crippen molar-refractivity contribution in [3.8, 4) is 5.75 Å². The Balaban J connectivity index is 1.90. The first kappa shape index (κ1) is 14.7. The van der Waals surface area contributed by atoms with Crippen molar-refractivity contribution in [3.63, 3.8) is 0 Å². The molecule has 0 spiro atoms. The summed E-state index contributed by atoms with van der Waals surface area (Å²) in [7, 11) is 0. The Morgan fingerprint density at radius 3 is 2.90 bits per heavy atom. The minimum Gasteiger partial charge on any atom is -0.484 e. The minimum atomic E-state index is -1.14. The van der Waals surface area contributed by atoms with Crippen molar-refractivity contribution in [1.82, 2.24) is 5.32 Å². The fraction of sp³-hybridized carbons (Fsp3) is 0.429. The number of hydrogen-bond donors (Lipinski definition) is 2. The molecule has 0 unspecified atom stereocenters. The molecule has 1 aromatic carbocycles. The Bertz CT molecular complexity index is 512. The monoisotopic (exact) mass is 295 g/mol. The van der Waals surface area contributed by atoms with Crippen LogP contribution in [0.1, 0.15) is 12.0 Å². The molecule has 0 saturated carbocycles. The molecular formula is C14H17NO4S. The lowest BCUT2D eigenvalue weighted by molar-refractivity contribution is -0.146. The standard InChI is InChI=1S/C14H17NO4S/c1-10-3-2-4-11(7-10)19-8-12(16)15-14(13(17)18)5-6-20-9-14/h2-4,7H,5-6,8-9H2,1H3,(H,15,16)(H,17,18)/t14-/m1/s1. The van der Waals surface area contributed by atoms with Gasteiger partial charge in [0.2, 0.25) is 0 Å². The van der Waals surface area contributed by atoms with Crippen LogP contribution in [-0.4, -0.2) is 40.6 Å². The fourth-order valence-corrected chi connectivity index (χ4v) is 3.37. The Labute approximate surface area is 121 Å². The lowest BCUT2D eigenvalue weighted by Crippen LogP contribution is -2.55. The number of rotatable bonds is 5. The van der Waals surface area contributed by atoms with E-state index >= 15 is 0 Å². The molecule has 1 saturated heterocycles. The van der Waals surface area contributed by atoms with Crippen LogP contribution in [0.3, 0.4) is 0 Å². The van der Waals surface area contributed by atoms with Gasteiger partial charge < -0.3 is 15.2 Å². The number of nitrogens with one attached hydrogen (secondary N) is 1. The third-order valence-electron chi connectivity index (χ3n) is 3.17. The van der Waals surface area contributed by atoms with Crippen molar-refractivity contribution in [2.24, 2.45) is 0 Å². The summed E-state index contributed by atoms with van der Waals surface area (Å²) in [5.41, 5.74) is -0.102. The van der Waals surface area contributed by atoms with E-state index in [0.29, 0.717) is 17.9 Å². The summed E-state index contributed by atoms with van der Waals surface area (Å²) in [6.07, 6.45) is 0.448. The molecule has 2 N–H and O–H groups in total. The number of thioether (sulfide) groups is 1.